The molecule has 6 nitrogen and oxygen atoms in total. The molecule has 338 valence electrons. The molecule has 1 amide bonds. The van der Waals surface area contributed by atoms with E-state index in [-0.39, 0.29) is 18.5 Å². The molecule has 0 aliphatic rings. The number of hydrogen-bond acceptors (Lipinski definition) is 5. The Kier molecular flexibility index (Phi) is 46.1. The summed E-state index contributed by atoms with van der Waals surface area (Å²) in [6.07, 6.45) is 53.3. The molecule has 0 saturated heterocycles. The highest BCUT2D eigenvalue weighted by Gasteiger charge is 2.20. The summed E-state index contributed by atoms with van der Waals surface area (Å²) in [4.78, 5) is 24.3. The van der Waals surface area contributed by atoms with Crippen molar-refractivity contribution in [3.8, 4) is 0 Å². The molecule has 0 radical (unpaired) electrons. The fourth-order valence-electron chi connectivity index (χ4n) is 7.87. The number of nitrogens with one attached hydrogen (secondary N) is 1. The van der Waals surface area contributed by atoms with Crippen molar-refractivity contribution in [2.75, 3.05) is 13.2 Å². The fourth-order valence-corrected chi connectivity index (χ4v) is 7.87. The van der Waals surface area contributed by atoms with Crippen LogP contribution in [0, 0.1) is 0 Å². The lowest BCUT2D eigenvalue weighted by atomic mass is 10.0. The van der Waals surface area contributed by atoms with Gasteiger partial charge in [-0.1, -0.05) is 225 Å². The zero-order chi connectivity index (χ0) is 41.5. The lowest BCUT2D eigenvalue weighted by molar-refractivity contribution is -0.143. The van der Waals surface area contributed by atoms with Crippen LogP contribution in [0.1, 0.15) is 277 Å². The fraction of sp³-hybridized carbons (Fsp3) is 0.922. The van der Waals surface area contributed by atoms with Gasteiger partial charge in [0, 0.05) is 12.8 Å². The highest BCUT2D eigenvalue weighted by atomic mass is 16.5. The number of carbonyl (C=O) groups excluding carboxylic acids is 2. The molecule has 0 aromatic carbocycles. The van der Waals surface area contributed by atoms with Crippen LogP contribution in [0.2, 0.25) is 0 Å². The van der Waals surface area contributed by atoms with Gasteiger partial charge in [-0.05, 0) is 51.4 Å². The van der Waals surface area contributed by atoms with Crippen LogP contribution in [0.5, 0.6) is 0 Å². The van der Waals surface area contributed by atoms with Crippen molar-refractivity contribution in [3.63, 3.8) is 0 Å². The molecule has 2 atom stereocenters. The second kappa shape index (κ2) is 47.3. The maximum Gasteiger partial charge on any atom is 0.305 e. The summed E-state index contributed by atoms with van der Waals surface area (Å²) in [7, 11) is 0. The molecular weight excluding hydrogens is 707 g/mol. The Morgan fingerprint density at radius 1 is 0.474 bits per heavy atom. The lowest BCUT2D eigenvalue weighted by Crippen LogP contribution is -2.45. The summed E-state index contributed by atoms with van der Waals surface area (Å²) in [6, 6.07) is -0.544. The van der Waals surface area contributed by atoms with E-state index in [4.69, 9.17) is 4.74 Å². The molecule has 0 fully saturated rings. The summed E-state index contributed by atoms with van der Waals surface area (Å²) in [5.74, 6) is -0.0402. The smallest absolute Gasteiger partial charge is 0.305 e. The minimum absolute atomic E-state index is 0.00566. The number of unbranched alkanes of at least 4 members (excludes halogenated alkanes) is 34. The molecule has 0 spiro atoms. The molecule has 0 aromatic rings. The third-order valence-electron chi connectivity index (χ3n) is 11.8. The molecule has 0 aromatic heterocycles. The number of carbonyl (C=O) groups is 2. The average Bonchev–Trinajstić information content (AvgIpc) is 3.21. The topological polar surface area (TPSA) is 95.9 Å². The quantitative estimate of drug-likeness (QED) is 0.0323. The van der Waals surface area contributed by atoms with Gasteiger partial charge in [-0.15, -0.1) is 0 Å². The summed E-state index contributed by atoms with van der Waals surface area (Å²) in [5, 5.41) is 23.0. The van der Waals surface area contributed by atoms with E-state index in [1.807, 2.05) is 0 Å². The first-order valence-corrected chi connectivity index (χ1v) is 25.4. The Morgan fingerprint density at radius 3 is 1.25 bits per heavy atom. The highest BCUT2D eigenvalue weighted by Crippen LogP contribution is 2.16. The van der Waals surface area contributed by atoms with E-state index in [0.717, 1.165) is 38.5 Å². The van der Waals surface area contributed by atoms with E-state index in [9.17, 15) is 19.8 Å². The van der Waals surface area contributed by atoms with Crippen LogP contribution in [-0.4, -0.2) is 47.4 Å². The van der Waals surface area contributed by atoms with Gasteiger partial charge >= 0.3 is 5.97 Å². The Hall–Kier alpha value is -1.40. The Labute approximate surface area is 355 Å². The van der Waals surface area contributed by atoms with E-state index in [2.05, 4.69) is 31.3 Å². The minimum Gasteiger partial charge on any atom is -0.466 e. The van der Waals surface area contributed by atoms with Crippen LogP contribution in [0.4, 0.5) is 0 Å². The number of aliphatic hydroxyl groups excluding tert-OH is 2. The summed E-state index contributed by atoms with van der Waals surface area (Å²) >= 11 is 0. The van der Waals surface area contributed by atoms with E-state index < -0.39 is 12.1 Å². The average molecular weight is 806 g/mol. The first-order chi connectivity index (χ1) is 28.0. The van der Waals surface area contributed by atoms with Gasteiger partial charge in [-0.2, -0.15) is 0 Å². The standard InChI is InChI=1S/C51H99NO5/c1-3-5-7-9-11-13-24-29-33-37-41-45-51(56)57-46-42-38-34-30-26-23-21-19-17-15-14-16-18-20-22-25-28-32-36-40-44-50(55)52-48(47-53)49(54)43-39-35-31-27-12-10-8-6-4-2/h14,16,48-49,53-54H,3-13,15,17-47H2,1-2H3,(H,52,55)/b16-14-. The van der Waals surface area contributed by atoms with Crippen LogP contribution < -0.4 is 5.32 Å². The van der Waals surface area contributed by atoms with Crippen LogP contribution in [-0.2, 0) is 14.3 Å². The van der Waals surface area contributed by atoms with Crippen molar-refractivity contribution in [2.24, 2.45) is 0 Å². The molecule has 6 heteroatoms. The molecule has 3 N–H and O–H groups in total. The normalized spacial score (nSPS) is 12.7. The van der Waals surface area contributed by atoms with Crippen molar-refractivity contribution in [1.29, 1.82) is 0 Å². The number of amides is 1. The van der Waals surface area contributed by atoms with Gasteiger partial charge in [-0.25, -0.2) is 0 Å². The lowest BCUT2D eigenvalue weighted by Gasteiger charge is -2.22. The number of rotatable bonds is 47. The predicted octanol–water partition coefficient (Wildman–Crippen LogP) is 15.0. The highest BCUT2D eigenvalue weighted by molar-refractivity contribution is 5.76. The van der Waals surface area contributed by atoms with E-state index in [1.54, 1.807) is 0 Å². The molecule has 0 saturated carbocycles. The predicted molar refractivity (Wildman–Crippen MR) is 246 cm³/mol. The Bertz CT molecular complexity index is 847. The van der Waals surface area contributed by atoms with Gasteiger partial charge in [0.1, 0.15) is 0 Å². The van der Waals surface area contributed by atoms with Crippen LogP contribution in [0.25, 0.3) is 0 Å². The second-order valence-electron chi connectivity index (χ2n) is 17.5. The van der Waals surface area contributed by atoms with Gasteiger partial charge in [0.05, 0.1) is 25.4 Å². The number of esters is 1. The largest absolute Gasteiger partial charge is 0.466 e. The van der Waals surface area contributed by atoms with Gasteiger partial charge in [0.15, 0.2) is 0 Å². The number of aliphatic hydroxyl groups is 2. The van der Waals surface area contributed by atoms with Gasteiger partial charge in [0.2, 0.25) is 5.91 Å². The first-order valence-electron chi connectivity index (χ1n) is 25.4. The zero-order valence-electron chi connectivity index (χ0n) is 38.3. The molecule has 2 unspecified atom stereocenters. The van der Waals surface area contributed by atoms with Crippen molar-refractivity contribution in [3.05, 3.63) is 12.2 Å². The molecule has 0 aliphatic heterocycles. The Morgan fingerprint density at radius 2 is 0.825 bits per heavy atom. The SMILES string of the molecule is CCCCCCCCCCCCCC(=O)OCCCCCCCCCCC/C=C\CCCCCCCCCC(=O)NC(CO)C(O)CCCCCCCCCCC. The molecule has 0 rings (SSSR count). The summed E-state index contributed by atoms with van der Waals surface area (Å²) in [6.45, 7) is 4.92. The van der Waals surface area contributed by atoms with Gasteiger partial charge in [-0.3, -0.25) is 9.59 Å². The van der Waals surface area contributed by atoms with Crippen molar-refractivity contribution < 1.29 is 24.5 Å². The van der Waals surface area contributed by atoms with E-state index in [0.29, 0.717) is 25.9 Å². The third kappa shape index (κ3) is 44.0. The van der Waals surface area contributed by atoms with Gasteiger partial charge < -0.3 is 20.3 Å². The maximum atomic E-state index is 12.4. The number of ether oxygens (including phenoxy) is 1. The van der Waals surface area contributed by atoms with Crippen LogP contribution in [0.15, 0.2) is 12.2 Å². The molecule has 0 bridgehead atoms. The van der Waals surface area contributed by atoms with Crippen molar-refractivity contribution >= 4 is 11.9 Å². The molecule has 0 heterocycles. The van der Waals surface area contributed by atoms with Gasteiger partial charge in [0.25, 0.3) is 0 Å². The number of hydrogen-bond donors (Lipinski definition) is 3. The van der Waals surface area contributed by atoms with Crippen molar-refractivity contribution in [1.82, 2.24) is 5.32 Å². The second-order valence-corrected chi connectivity index (χ2v) is 17.5. The first kappa shape index (κ1) is 55.6. The molecule has 0 aliphatic carbocycles. The minimum atomic E-state index is -0.666. The molecular formula is C51H99NO5. The Balaban J connectivity index is 3.41. The zero-order valence-corrected chi connectivity index (χ0v) is 38.3. The monoisotopic (exact) mass is 806 g/mol. The van der Waals surface area contributed by atoms with E-state index >= 15 is 0 Å². The van der Waals surface area contributed by atoms with E-state index in [1.165, 1.54) is 205 Å². The summed E-state index contributed by atoms with van der Waals surface area (Å²) in [5.41, 5.74) is 0. The maximum absolute atomic E-state index is 12.4. The summed E-state index contributed by atoms with van der Waals surface area (Å²) < 4.78 is 5.45. The van der Waals surface area contributed by atoms with Crippen molar-refractivity contribution in [2.45, 2.75) is 289 Å². The number of allylic oxidation sites excluding steroid dienone is 2. The van der Waals surface area contributed by atoms with Crippen LogP contribution >= 0.6 is 0 Å². The third-order valence-corrected chi connectivity index (χ3v) is 11.8. The molecule has 57 heavy (non-hydrogen) atoms. The van der Waals surface area contributed by atoms with Crippen LogP contribution in [0.3, 0.4) is 0 Å².